The molecule has 2 atom stereocenters. The zero-order chi connectivity index (χ0) is 11.4. The summed E-state index contributed by atoms with van der Waals surface area (Å²) in [6.45, 7) is 3.27. The van der Waals surface area contributed by atoms with Crippen molar-refractivity contribution in [2.24, 2.45) is 5.92 Å². The van der Waals surface area contributed by atoms with Gasteiger partial charge in [0.1, 0.15) is 5.75 Å². The minimum Gasteiger partial charge on any atom is -0.496 e. The van der Waals surface area contributed by atoms with Crippen molar-refractivity contribution >= 4 is 23.7 Å². The molecule has 2 rings (SSSR count). The molecule has 1 aliphatic rings. The highest BCUT2D eigenvalue weighted by Gasteiger charge is 2.24. The van der Waals surface area contributed by atoms with Crippen molar-refractivity contribution in [3.05, 3.63) is 16.3 Å². The molecule has 2 heterocycles. The van der Waals surface area contributed by atoms with E-state index in [1.54, 1.807) is 18.4 Å². The molecule has 0 aliphatic carbocycles. The van der Waals surface area contributed by atoms with Crippen LogP contribution in [0.3, 0.4) is 0 Å². The molecule has 1 aromatic rings. The lowest BCUT2D eigenvalue weighted by Crippen LogP contribution is -2.30. The predicted octanol–water partition coefficient (Wildman–Crippen LogP) is 0.848. The van der Waals surface area contributed by atoms with E-state index in [4.69, 9.17) is 4.74 Å². The van der Waals surface area contributed by atoms with Gasteiger partial charge in [0.2, 0.25) is 0 Å². The largest absolute Gasteiger partial charge is 0.496 e. The second-order valence-electron chi connectivity index (χ2n) is 4.03. The number of β-amino-alcohol motifs (C(OH)–C–C–N with tert-alkyl or cyclic N) is 1. The number of rotatable bonds is 5. The summed E-state index contributed by atoms with van der Waals surface area (Å²) < 4.78 is 5.24. The third kappa shape index (κ3) is 3.82. The fraction of sp³-hybridized carbons (Fsp3) is 0.636. The lowest BCUT2D eigenvalue weighted by Gasteiger charge is -2.13. The minimum atomic E-state index is -0.210. The molecule has 0 saturated carbocycles. The van der Waals surface area contributed by atoms with Gasteiger partial charge in [0.25, 0.3) is 0 Å². The molecule has 3 N–H and O–H groups in total. The van der Waals surface area contributed by atoms with Gasteiger partial charge >= 0.3 is 0 Å². The molecule has 0 radical (unpaired) electrons. The van der Waals surface area contributed by atoms with Crippen LogP contribution in [0.2, 0.25) is 0 Å². The van der Waals surface area contributed by atoms with E-state index in [1.165, 1.54) is 4.88 Å². The maximum absolute atomic E-state index is 9.62. The van der Waals surface area contributed by atoms with E-state index in [2.05, 4.69) is 10.6 Å². The van der Waals surface area contributed by atoms with Crippen LogP contribution >= 0.6 is 23.7 Å². The lowest BCUT2D eigenvalue weighted by atomic mass is 10.1. The number of aliphatic hydroxyl groups excluding tert-OH is 1. The summed E-state index contributed by atoms with van der Waals surface area (Å²) in [4.78, 5) is 1.21. The average Bonchev–Trinajstić information content (AvgIpc) is 2.88. The van der Waals surface area contributed by atoms with Gasteiger partial charge in [0.05, 0.1) is 18.1 Å². The van der Waals surface area contributed by atoms with Gasteiger partial charge in [0.15, 0.2) is 0 Å². The average molecular weight is 279 g/mol. The van der Waals surface area contributed by atoms with Crippen LogP contribution in [-0.2, 0) is 6.54 Å². The molecular formula is C11H19ClN2O2S. The Balaban J connectivity index is 0.00000144. The van der Waals surface area contributed by atoms with E-state index in [-0.39, 0.29) is 18.5 Å². The SMILES string of the molecule is COc1ccsc1CNCC1CNCC1O.Cl. The van der Waals surface area contributed by atoms with Gasteiger partial charge < -0.3 is 20.5 Å². The topological polar surface area (TPSA) is 53.5 Å². The molecule has 0 bridgehead atoms. The van der Waals surface area contributed by atoms with Crippen molar-refractivity contribution in [2.45, 2.75) is 12.6 Å². The van der Waals surface area contributed by atoms with Gasteiger partial charge in [-0.15, -0.1) is 23.7 Å². The first-order valence-electron chi connectivity index (χ1n) is 5.51. The Morgan fingerprint density at radius 1 is 1.59 bits per heavy atom. The Morgan fingerprint density at radius 3 is 3.06 bits per heavy atom. The van der Waals surface area contributed by atoms with Crippen molar-refractivity contribution < 1.29 is 9.84 Å². The monoisotopic (exact) mass is 278 g/mol. The molecule has 0 amide bonds. The standard InChI is InChI=1S/C11H18N2O2S.ClH/c1-15-10-2-3-16-11(10)7-13-5-8-4-12-6-9(8)14;/h2-3,8-9,12-14H,4-7H2,1H3;1H. The highest BCUT2D eigenvalue weighted by molar-refractivity contribution is 7.10. The molecule has 17 heavy (non-hydrogen) atoms. The van der Waals surface area contributed by atoms with Gasteiger partial charge in [-0.3, -0.25) is 0 Å². The fourth-order valence-corrected chi connectivity index (χ4v) is 2.75. The van der Waals surface area contributed by atoms with Gasteiger partial charge in [-0.25, -0.2) is 0 Å². The van der Waals surface area contributed by atoms with Gasteiger partial charge in [0, 0.05) is 32.1 Å². The summed E-state index contributed by atoms with van der Waals surface area (Å²) in [5, 5.41) is 18.2. The summed E-state index contributed by atoms with van der Waals surface area (Å²) in [7, 11) is 1.69. The first kappa shape index (κ1) is 14.7. The Morgan fingerprint density at radius 2 is 2.41 bits per heavy atom. The first-order valence-corrected chi connectivity index (χ1v) is 6.39. The second-order valence-corrected chi connectivity index (χ2v) is 5.03. The third-order valence-electron chi connectivity index (χ3n) is 2.92. The highest BCUT2D eigenvalue weighted by Crippen LogP contribution is 2.24. The van der Waals surface area contributed by atoms with Gasteiger partial charge in [-0.1, -0.05) is 0 Å². The van der Waals surface area contributed by atoms with E-state index in [9.17, 15) is 5.11 Å². The second kappa shape index (κ2) is 7.18. The van der Waals surface area contributed by atoms with Crippen molar-refractivity contribution in [3.8, 4) is 5.75 Å². The highest BCUT2D eigenvalue weighted by atomic mass is 35.5. The summed E-state index contributed by atoms with van der Waals surface area (Å²) in [6, 6.07) is 1.98. The van der Waals surface area contributed by atoms with Crippen LogP contribution in [-0.4, -0.2) is 38.0 Å². The molecule has 1 aromatic heterocycles. The zero-order valence-corrected chi connectivity index (χ0v) is 11.4. The molecule has 98 valence electrons. The Labute approximate surface area is 112 Å². The van der Waals surface area contributed by atoms with Gasteiger partial charge in [-0.2, -0.15) is 0 Å². The van der Waals surface area contributed by atoms with Crippen molar-refractivity contribution in [3.63, 3.8) is 0 Å². The normalized spacial score (nSPS) is 23.4. The number of methoxy groups -OCH3 is 1. The van der Waals surface area contributed by atoms with E-state index in [0.29, 0.717) is 12.5 Å². The van der Waals surface area contributed by atoms with E-state index < -0.39 is 0 Å². The quantitative estimate of drug-likeness (QED) is 0.747. The van der Waals surface area contributed by atoms with Crippen LogP contribution in [0.1, 0.15) is 4.88 Å². The third-order valence-corrected chi connectivity index (χ3v) is 3.82. The molecule has 0 spiro atoms. The molecule has 2 unspecified atom stereocenters. The fourth-order valence-electron chi connectivity index (χ4n) is 1.94. The molecule has 1 aliphatic heterocycles. The molecule has 1 fully saturated rings. The van der Waals surface area contributed by atoms with Crippen molar-refractivity contribution in [1.29, 1.82) is 0 Å². The number of hydrogen-bond donors (Lipinski definition) is 3. The Hall–Kier alpha value is -0.330. The number of hydrogen-bond acceptors (Lipinski definition) is 5. The molecule has 6 heteroatoms. The molecule has 1 saturated heterocycles. The maximum Gasteiger partial charge on any atom is 0.134 e. The zero-order valence-electron chi connectivity index (χ0n) is 9.81. The first-order chi connectivity index (χ1) is 7.81. The Bertz CT molecular complexity index is 335. The maximum atomic E-state index is 9.62. The number of thiophene rings is 1. The van der Waals surface area contributed by atoms with Crippen molar-refractivity contribution in [2.75, 3.05) is 26.7 Å². The van der Waals surface area contributed by atoms with Crippen LogP contribution in [0.25, 0.3) is 0 Å². The summed E-state index contributed by atoms with van der Waals surface area (Å²) in [5.74, 6) is 1.27. The summed E-state index contributed by atoms with van der Waals surface area (Å²) in [5.41, 5.74) is 0. The number of ether oxygens (including phenoxy) is 1. The van der Waals surface area contributed by atoms with Crippen LogP contribution < -0.4 is 15.4 Å². The van der Waals surface area contributed by atoms with Crippen LogP contribution in [0.5, 0.6) is 5.75 Å². The summed E-state index contributed by atoms with van der Waals surface area (Å²) in [6.07, 6.45) is -0.210. The molecule has 0 aromatic carbocycles. The lowest BCUT2D eigenvalue weighted by molar-refractivity contribution is 0.146. The van der Waals surface area contributed by atoms with Crippen LogP contribution in [0.4, 0.5) is 0 Å². The smallest absolute Gasteiger partial charge is 0.134 e. The van der Waals surface area contributed by atoms with Crippen molar-refractivity contribution in [1.82, 2.24) is 10.6 Å². The minimum absolute atomic E-state index is 0. The predicted molar refractivity (Wildman–Crippen MR) is 72.2 cm³/mol. The number of nitrogens with one attached hydrogen (secondary N) is 2. The number of halogens is 1. The molecule has 4 nitrogen and oxygen atoms in total. The van der Waals surface area contributed by atoms with Gasteiger partial charge in [-0.05, 0) is 11.4 Å². The van der Waals surface area contributed by atoms with E-state index in [1.807, 2.05) is 11.4 Å². The Kier molecular flexibility index (Phi) is 6.22. The molecular weight excluding hydrogens is 260 g/mol. The van der Waals surface area contributed by atoms with E-state index in [0.717, 1.165) is 25.4 Å². The van der Waals surface area contributed by atoms with Crippen LogP contribution in [0, 0.1) is 5.92 Å². The number of aliphatic hydroxyl groups is 1. The van der Waals surface area contributed by atoms with E-state index >= 15 is 0 Å². The van der Waals surface area contributed by atoms with Crippen LogP contribution in [0.15, 0.2) is 11.4 Å². The summed E-state index contributed by atoms with van der Waals surface area (Å²) >= 11 is 1.69.